The zero-order chi connectivity index (χ0) is 10.4. The molecule has 0 aliphatic rings. The molecule has 0 saturated heterocycles. The Morgan fingerprint density at radius 3 is 3.00 bits per heavy atom. The predicted molar refractivity (Wildman–Crippen MR) is 53.1 cm³/mol. The van der Waals surface area contributed by atoms with Crippen LogP contribution in [0.4, 0.5) is 0 Å². The van der Waals surface area contributed by atoms with Crippen molar-refractivity contribution in [2.24, 2.45) is 0 Å². The van der Waals surface area contributed by atoms with Gasteiger partial charge in [0.1, 0.15) is 0 Å². The zero-order valence-electron chi connectivity index (χ0n) is 8.66. The summed E-state index contributed by atoms with van der Waals surface area (Å²) in [6.07, 6.45) is 4.53. The van der Waals surface area contributed by atoms with E-state index in [1.807, 2.05) is 6.92 Å². The first-order chi connectivity index (χ1) is 6.74. The van der Waals surface area contributed by atoms with Crippen molar-refractivity contribution >= 4 is 5.97 Å². The van der Waals surface area contributed by atoms with Gasteiger partial charge in [-0.1, -0.05) is 19.8 Å². The van der Waals surface area contributed by atoms with Gasteiger partial charge in [0.05, 0.1) is 12.4 Å². The van der Waals surface area contributed by atoms with Crippen LogP contribution in [0.1, 0.15) is 43.7 Å². The molecule has 1 heterocycles. The Labute approximate surface area is 84.1 Å². The maximum absolute atomic E-state index is 11.4. The molecule has 1 rings (SSSR count). The van der Waals surface area contributed by atoms with E-state index in [0.29, 0.717) is 0 Å². The number of carbonyl (C=O) groups excluding carboxylic acids is 1. The van der Waals surface area contributed by atoms with Crippen LogP contribution < -0.4 is 0 Å². The van der Waals surface area contributed by atoms with Crippen LogP contribution >= 0.6 is 0 Å². The fourth-order valence-electron chi connectivity index (χ4n) is 1.19. The van der Waals surface area contributed by atoms with E-state index < -0.39 is 0 Å². The standard InChI is InChI=1S/C11H16O3/c1-3-4-6-9(2)14-11(12)10-7-5-8-13-10/h5,7-9H,3-4,6H2,1-2H3. The van der Waals surface area contributed by atoms with Crippen LogP contribution in [0.2, 0.25) is 0 Å². The van der Waals surface area contributed by atoms with Gasteiger partial charge in [0.15, 0.2) is 0 Å². The molecule has 0 spiro atoms. The summed E-state index contributed by atoms with van der Waals surface area (Å²) >= 11 is 0. The molecule has 14 heavy (non-hydrogen) atoms. The number of unbranched alkanes of at least 4 members (excludes halogenated alkanes) is 1. The molecular formula is C11H16O3. The fourth-order valence-corrected chi connectivity index (χ4v) is 1.19. The van der Waals surface area contributed by atoms with Gasteiger partial charge in [0.25, 0.3) is 0 Å². The van der Waals surface area contributed by atoms with Crippen molar-refractivity contribution in [2.75, 3.05) is 0 Å². The Balaban J connectivity index is 2.34. The smallest absolute Gasteiger partial charge is 0.374 e. The van der Waals surface area contributed by atoms with E-state index in [1.165, 1.54) is 6.26 Å². The average molecular weight is 196 g/mol. The van der Waals surface area contributed by atoms with Crippen molar-refractivity contribution in [1.29, 1.82) is 0 Å². The monoisotopic (exact) mass is 196 g/mol. The average Bonchev–Trinajstić information content (AvgIpc) is 2.67. The molecule has 1 aromatic rings. The van der Waals surface area contributed by atoms with Gasteiger partial charge in [0, 0.05) is 0 Å². The summed E-state index contributed by atoms with van der Waals surface area (Å²) in [5, 5.41) is 0. The highest BCUT2D eigenvalue weighted by atomic mass is 16.6. The number of furan rings is 1. The lowest BCUT2D eigenvalue weighted by Gasteiger charge is -2.10. The molecule has 1 aromatic heterocycles. The third kappa shape index (κ3) is 3.24. The molecular weight excluding hydrogens is 180 g/mol. The minimum absolute atomic E-state index is 0.0347. The van der Waals surface area contributed by atoms with Crippen molar-refractivity contribution in [1.82, 2.24) is 0 Å². The minimum Gasteiger partial charge on any atom is -0.457 e. The Morgan fingerprint density at radius 2 is 2.43 bits per heavy atom. The van der Waals surface area contributed by atoms with E-state index in [0.717, 1.165) is 19.3 Å². The second kappa shape index (κ2) is 5.47. The topological polar surface area (TPSA) is 39.4 Å². The number of rotatable bonds is 5. The highest BCUT2D eigenvalue weighted by molar-refractivity contribution is 5.86. The van der Waals surface area contributed by atoms with Crippen LogP contribution in [0.3, 0.4) is 0 Å². The zero-order valence-corrected chi connectivity index (χ0v) is 8.66. The molecule has 78 valence electrons. The van der Waals surface area contributed by atoms with E-state index in [9.17, 15) is 4.79 Å². The van der Waals surface area contributed by atoms with Gasteiger partial charge in [-0.05, 0) is 25.5 Å². The van der Waals surface area contributed by atoms with Gasteiger partial charge in [-0.2, -0.15) is 0 Å². The van der Waals surface area contributed by atoms with E-state index in [-0.39, 0.29) is 17.8 Å². The fraction of sp³-hybridized carbons (Fsp3) is 0.545. The maximum Gasteiger partial charge on any atom is 0.374 e. The summed E-state index contributed by atoms with van der Waals surface area (Å²) in [6.45, 7) is 4.01. The molecule has 3 heteroatoms. The molecule has 1 atom stereocenters. The van der Waals surface area contributed by atoms with Crippen molar-refractivity contribution in [2.45, 2.75) is 39.2 Å². The quantitative estimate of drug-likeness (QED) is 0.679. The number of ether oxygens (including phenoxy) is 1. The summed E-state index contributed by atoms with van der Waals surface area (Å²) in [6, 6.07) is 3.28. The molecule has 0 aromatic carbocycles. The van der Waals surface area contributed by atoms with Crippen LogP contribution in [-0.2, 0) is 4.74 Å². The van der Waals surface area contributed by atoms with Crippen molar-refractivity contribution < 1.29 is 13.9 Å². The van der Waals surface area contributed by atoms with Crippen molar-refractivity contribution in [3.63, 3.8) is 0 Å². The Kier molecular flexibility index (Phi) is 4.23. The molecule has 3 nitrogen and oxygen atoms in total. The van der Waals surface area contributed by atoms with Gasteiger partial charge < -0.3 is 9.15 Å². The van der Waals surface area contributed by atoms with Gasteiger partial charge in [0.2, 0.25) is 5.76 Å². The number of esters is 1. The lowest BCUT2D eigenvalue weighted by atomic mass is 10.2. The molecule has 0 radical (unpaired) electrons. The van der Waals surface area contributed by atoms with Gasteiger partial charge >= 0.3 is 5.97 Å². The summed E-state index contributed by atoms with van der Waals surface area (Å²) in [5.74, 6) is -0.105. The second-order valence-electron chi connectivity index (χ2n) is 3.34. The van der Waals surface area contributed by atoms with Gasteiger partial charge in [-0.25, -0.2) is 4.79 Å². The van der Waals surface area contributed by atoms with Crippen molar-refractivity contribution in [3.8, 4) is 0 Å². The van der Waals surface area contributed by atoms with Crippen molar-refractivity contribution in [3.05, 3.63) is 24.2 Å². The maximum atomic E-state index is 11.4. The summed E-state index contributed by atoms with van der Waals surface area (Å²) in [5.41, 5.74) is 0. The molecule has 0 aliphatic carbocycles. The van der Waals surface area contributed by atoms with Crippen LogP contribution in [0.25, 0.3) is 0 Å². The first-order valence-electron chi connectivity index (χ1n) is 4.98. The molecule has 0 fully saturated rings. The lowest BCUT2D eigenvalue weighted by molar-refractivity contribution is 0.0284. The third-order valence-corrected chi connectivity index (χ3v) is 1.99. The molecule has 1 unspecified atom stereocenters. The minimum atomic E-state index is -0.376. The van der Waals surface area contributed by atoms with E-state index >= 15 is 0 Å². The van der Waals surface area contributed by atoms with Crippen LogP contribution in [0.15, 0.2) is 22.8 Å². The summed E-state index contributed by atoms with van der Waals surface area (Å²) < 4.78 is 10.1. The molecule has 0 amide bonds. The number of carbonyl (C=O) groups is 1. The van der Waals surface area contributed by atoms with Gasteiger partial charge in [-0.15, -0.1) is 0 Å². The predicted octanol–water partition coefficient (Wildman–Crippen LogP) is 3.02. The SMILES string of the molecule is CCCCC(C)OC(=O)c1ccco1. The molecule has 0 bridgehead atoms. The van der Waals surface area contributed by atoms with Gasteiger partial charge in [-0.3, -0.25) is 0 Å². The Hall–Kier alpha value is -1.25. The van der Waals surface area contributed by atoms with Crippen LogP contribution in [0.5, 0.6) is 0 Å². The normalized spacial score (nSPS) is 12.4. The first-order valence-corrected chi connectivity index (χ1v) is 4.98. The largest absolute Gasteiger partial charge is 0.457 e. The lowest BCUT2D eigenvalue weighted by Crippen LogP contribution is -2.14. The number of hydrogen-bond acceptors (Lipinski definition) is 3. The summed E-state index contributed by atoms with van der Waals surface area (Å²) in [7, 11) is 0. The highest BCUT2D eigenvalue weighted by Gasteiger charge is 2.13. The van der Waals surface area contributed by atoms with E-state index in [1.54, 1.807) is 12.1 Å². The molecule has 0 saturated carbocycles. The van der Waals surface area contributed by atoms with E-state index in [2.05, 4.69) is 6.92 Å². The van der Waals surface area contributed by atoms with Crippen LogP contribution in [0, 0.1) is 0 Å². The second-order valence-corrected chi connectivity index (χ2v) is 3.34. The molecule has 0 N–H and O–H groups in total. The van der Waals surface area contributed by atoms with E-state index in [4.69, 9.17) is 9.15 Å². The number of hydrogen-bond donors (Lipinski definition) is 0. The summed E-state index contributed by atoms with van der Waals surface area (Å²) in [4.78, 5) is 11.4. The Bertz CT molecular complexity index is 264. The highest BCUT2D eigenvalue weighted by Crippen LogP contribution is 2.08. The van der Waals surface area contributed by atoms with Crippen LogP contribution in [-0.4, -0.2) is 12.1 Å². The Morgan fingerprint density at radius 1 is 1.64 bits per heavy atom. The molecule has 0 aliphatic heterocycles. The third-order valence-electron chi connectivity index (χ3n) is 1.99. The first kappa shape index (κ1) is 10.8.